The predicted octanol–water partition coefficient (Wildman–Crippen LogP) is 6.37. The molecule has 0 spiro atoms. The summed E-state index contributed by atoms with van der Waals surface area (Å²) in [5.41, 5.74) is 2.97. The summed E-state index contributed by atoms with van der Waals surface area (Å²) in [7, 11) is 0. The Labute approximate surface area is 183 Å². The van der Waals surface area contributed by atoms with Crippen LogP contribution in [0.4, 0.5) is 0 Å². The SMILES string of the molecule is Cc1nn(Cc2csc(C(=O)N(C3CCCCC3)C3CCCCC3)c2)c(C)c1Cl. The van der Waals surface area contributed by atoms with Crippen LogP contribution in [0.15, 0.2) is 11.4 Å². The lowest BCUT2D eigenvalue weighted by Gasteiger charge is -2.41. The van der Waals surface area contributed by atoms with Crippen molar-refractivity contribution in [1.82, 2.24) is 14.7 Å². The molecule has 1 amide bonds. The normalized spacial score (nSPS) is 18.9. The Morgan fingerprint density at radius 2 is 1.69 bits per heavy atom. The van der Waals surface area contributed by atoms with Gasteiger partial charge in [0.15, 0.2) is 0 Å². The van der Waals surface area contributed by atoms with Crippen molar-refractivity contribution in [3.63, 3.8) is 0 Å². The molecule has 0 bridgehead atoms. The predicted molar refractivity (Wildman–Crippen MR) is 120 cm³/mol. The first-order valence-electron chi connectivity index (χ1n) is 11.1. The van der Waals surface area contributed by atoms with Crippen LogP contribution in [0.1, 0.15) is 90.8 Å². The maximum absolute atomic E-state index is 13.6. The molecule has 0 saturated heterocycles. The van der Waals surface area contributed by atoms with Crippen LogP contribution >= 0.6 is 22.9 Å². The summed E-state index contributed by atoms with van der Waals surface area (Å²) >= 11 is 7.88. The zero-order valence-corrected chi connectivity index (χ0v) is 19.2. The number of thiophene rings is 1. The first-order chi connectivity index (χ1) is 14.0. The highest BCUT2D eigenvalue weighted by Gasteiger charge is 2.33. The summed E-state index contributed by atoms with van der Waals surface area (Å²) in [5.74, 6) is 0.256. The van der Waals surface area contributed by atoms with E-state index in [4.69, 9.17) is 11.6 Å². The molecule has 0 N–H and O–H groups in total. The lowest BCUT2D eigenvalue weighted by Crippen LogP contribution is -2.48. The third-order valence-electron chi connectivity index (χ3n) is 6.66. The molecule has 4 rings (SSSR count). The Morgan fingerprint density at radius 3 is 2.21 bits per heavy atom. The van der Waals surface area contributed by atoms with Gasteiger partial charge in [0.05, 0.1) is 27.8 Å². The molecule has 2 heterocycles. The highest BCUT2D eigenvalue weighted by molar-refractivity contribution is 7.12. The molecule has 2 aliphatic rings. The number of nitrogens with zero attached hydrogens (tertiary/aromatic N) is 3. The molecule has 2 aliphatic carbocycles. The molecule has 158 valence electrons. The third kappa shape index (κ3) is 4.56. The second-order valence-electron chi connectivity index (χ2n) is 8.76. The Hall–Kier alpha value is -1.33. The number of halogens is 1. The number of carbonyl (C=O) groups excluding carboxylic acids is 1. The first kappa shape index (κ1) is 20.9. The van der Waals surface area contributed by atoms with E-state index in [1.54, 1.807) is 11.3 Å². The second kappa shape index (κ2) is 9.22. The Morgan fingerprint density at radius 1 is 1.10 bits per heavy atom. The molecule has 0 atom stereocenters. The summed E-state index contributed by atoms with van der Waals surface area (Å²) < 4.78 is 1.94. The van der Waals surface area contributed by atoms with E-state index in [9.17, 15) is 4.79 Å². The molecule has 4 nitrogen and oxygen atoms in total. The number of amides is 1. The lowest BCUT2D eigenvalue weighted by molar-refractivity contribution is 0.0453. The van der Waals surface area contributed by atoms with E-state index in [-0.39, 0.29) is 5.91 Å². The molecular weight excluding hydrogens is 402 g/mol. The Kier molecular flexibility index (Phi) is 6.65. The smallest absolute Gasteiger partial charge is 0.264 e. The molecule has 29 heavy (non-hydrogen) atoms. The van der Waals surface area contributed by atoms with Gasteiger partial charge in [-0.25, -0.2) is 0 Å². The highest BCUT2D eigenvalue weighted by Crippen LogP contribution is 2.32. The maximum Gasteiger partial charge on any atom is 0.264 e. The van der Waals surface area contributed by atoms with Gasteiger partial charge in [-0.05, 0) is 56.5 Å². The standard InChI is InChI=1S/C23H32ClN3OS/c1-16-22(24)17(2)26(25-16)14-18-13-21(29-15-18)23(28)27(19-9-5-3-6-10-19)20-11-7-4-8-12-20/h13,15,19-20H,3-12,14H2,1-2H3. The second-order valence-corrected chi connectivity index (χ2v) is 10.0. The minimum Gasteiger partial charge on any atom is -0.332 e. The average molecular weight is 434 g/mol. The highest BCUT2D eigenvalue weighted by atomic mass is 35.5. The van der Waals surface area contributed by atoms with E-state index >= 15 is 0 Å². The number of hydrogen-bond acceptors (Lipinski definition) is 3. The zero-order valence-electron chi connectivity index (χ0n) is 17.6. The van der Waals surface area contributed by atoms with Crippen LogP contribution in [0.25, 0.3) is 0 Å². The lowest BCUT2D eigenvalue weighted by atomic mass is 9.88. The fourth-order valence-electron chi connectivity index (χ4n) is 5.05. The van der Waals surface area contributed by atoms with Gasteiger partial charge in [0, 0.05) is 12.1 Å². The van der Waals surface area contributed by atoms with Crippen LogP contribution in [0.3, 0.4) is 0 Å². The number of aryl methyl sites for hydroxylation is 1. The van der Waals surface area contributed by atoms with Crippen molar-refractivity contribution in [1.29, 1.82) is 0 Å². The van der Waals surface area contributed by atoms with Gasteiger partial charge in [-0.3, -0.25) is 9.48 Å². The molecule has 2 fully saturated rings. The van der Waals surface area contributed by atoms with E-state index in [1.165, 1.54) is 64.2 Å². The number of aromatic nitrogens is 2. The quantitative estimate of drug-likeness (QED) is 0.549. The van der Waals surface area contributed by atoms with Crippen molar-refractivity contribution in [2.45, 2.75) is 96.7 Å². The summed E-state index contributed by atoms with van der Waals surface area (Å²) in [4.78, 5) is 16.8. The molecule has 2 aromatic heterocycles. The van der Waals surface area contributed by atoms with E-state index in [0.717, 1.165) is 26.9 Å². The first-order valence-corrected chi connectivity index (χ1v) is 12.4. The van der Waals surface area contributed by atoms with Gasteiger partial charge in [0.1, 0.15) is 0 Å². The molecule has 0 radical (unpaired) electrons. The summed E-state index contributed by atoms with van der Waals surface area (Å²) in [5, 5.41) is 7.38. The Balaban J connectivity index is 1.53. The third-order valence-corrected chi connectivity index (χ3v) is 8.17. The minimum atomic E-state index is 0.256. The van der Waals surface area contributed by atoms with E-state index in [2.05, 4.69) is 21.4 Å². The van der Waals surface area contributed by atoms with Crippen molar-refractivity contribution in [2.75, 3.05) is 0 Å². The van der Waals surface area contributed by atoms with Crippen LogP contribution in [0.2, 0.25) is 5.02 Å². The maximum atomic E-state index is 13.6. The molecule has 6 heteroatoms. The summed E-state index contributed by atoms with van der Waals surface area (Å²) in [6.07, 6.45) is 12.4. The molecule has 0 aromatic carbocycles. The van der Waals surface area contributed by atoms with Crippen molar-refractivity contribution >= 4 is 28.8 Å². The van der Waals surface area contributed by atoms with E-state index in [0.29, 0.717) is 18.6 Å². The molecule has 0 unspecified atom stereocenters. The van der Waals surface area contributed by atoms with Crippen LogP contribution in [-0.2, 0) is 6.54 Å². The summed E-state index contributed by atoms with van der Waals surface area (Å²) in [6, 6.07) is 2.94. The average Bonchev–Trinajstić information content (AvgIpc) is 3.31. The van der Waals surface area contributed by atoms with Crippen LogP contribution in [-0.4, -0.2) is 32.7 Å². The van der Waals surface area contributed by atoms with Gasteiger partial charge in [0.2, 0.25) is 0 Å². The van der Waals surface area contributed by atoms with Gasteiger partial charge in [-0.1, -0.05) is 50.1 Å². The van der Waals surface area contributed by atoms with Crippen LogP contribution < -0.4 is 0 Å². The van der Waals surface area contributed by atoms with Crippen LogP contribution in [0, 0.1) is 13.8 Å². The minimum absolute atomic E-state index is 0.256. The molecular formula is C23H32ClN3OS. The largest absolute Gasteiger partial charge is 0.332 e. The van der Waals surface area contributed by atoms with Crippen molar-refractivity contribution in [3.05, 3.63) is 38.3 Å². The molecule has 2 saturated carbocycles. The number of rotatable bonds is 5. The van der Waals surface area contributed by atoms with E-state index < -0.39 is 0 Å². The fraction of sp³-hybridized carbons (Fsp3) is 0.652. The topological polar surface area (TPSA) is 38.1 Å². The monoisotopic (exact) mass is 433 g/mol. The number of hydrogen-bond donors (Lipinski definition) is 0. The fourth-order valence-corrected chi connectivity index (χ4v) is 6.03. The van der Waals surface area contributed by atoms with Crippen molar-refractivity contribution < 1.29 is 4.79 Å². The molecule has 2 aromatic rings. The van der Waals surface area contributed by atoms with Crippen molar-refractivity contribution in [3.8, 4) is 0 Å². The van der Waals surface area contributed by atoms with Gasteiger partial charge in [-0.15, -0.1) is 11.3 Å². The Bertz CT molecular complexity index is 828. The van der Waals surface area contributed by atoms with Gasteiger partial charge >= 0.3 is 0 Å². The zero-order chi connectivity index (χ0) is 20.4. The summed E-state index contributed by atoms with van der Waals surface area (Å²) in [6.45, 7) is 4.59. The van der Waals surface area contributed by atoms with Crippen LogP contribution in [0.5, 0.6) is 0 Å². The van der Waals surface area contributed by atoms with E-state index in [1.807, 2.05) is 18.5 Å². The molecule has 0 aliphatic heterocycles. The van der Waals surface area contributed by atoms with Crippen molar-refractivity contribution in [2.24, 2.45) is 0 Å². The van der Waals surface area contributed by atoms with Gasteiger partial charge in [-0.2, -0.15) is 5.10 Å². The van der Waals surface area contributed by atoms with Gasteiger partial charge < -0.3 is 4.90 Å². The van der Waals surface area contributed by atoms with Gasteiger partial charge in [0.25, 0.3) is 5.91 Å². The number of carbonyl (C=O) groups is 1.